The van der Waals surface area contributed by atoms with Gasteiger partial charge in [0.15, 0.2) is 0 Å². The summed E-state index contributed by atoms with van der Waals surface area (Å²) < 4.78 is 17.8. The van der Waals surface area contributed by atoms with Gasteiger partial charge in [0, 0.05) is 24.0 Å². The van der Waals surface area contributed by atoms with Crippen LogP contribution < -0.4 is 20.0 Å². The summed E-state index contributed by atoms with van der Waals surface area (Å²) in [4.78, 5) is 21.0. The van der Waals surface area contributed by atoms with E-state index < -0.39 is 11.9 Å². The molecule has 0 saturated heterocycles. The monoisotopic (exact) mass is 564 g/mol. The van der Waals surface area contributed by atoms with E-state index in [1.807, 2.05) is 0 Å². The maximum absolute atomic E-state index is 8.93. The number of quaternary nitrogens is 2. The second kappa shape index (κ2) is 15.8. The Bertz CT molecular complexity index is 1020. The van der Waals surface area contributed by atoms with Gasteiger partial charge < -0.3 is 29.6 Å². The Morgan fingerprint density at radius 2 is 1.13 bits per heavy atom. The number of hydrogen-bond acceptors (Lipinski definition) is 10. The molecule has 210 valence electrons. The van der Waals surface area contributed by atoms with E-state index in [0.717, 1.165) is 37.3 Å². The lowest BCUT2D eigenvalue weighted by Crippen LogP contribution is -3.09. The van der Waals surface area contributed by atoms with Crippen molar-refractivity contribution in [2.75, 3.05) is 40.3 Å². The molecule has 2 aromatic rings. The first-order chi connectivity index (χ1) is 18.0. The zero-order chi connectivity index (χ0) is 28.2. The van der Waals surface area contributed by atoms with Crippen LogP contribution in [0.25, 0.3) is 11.1 Å². The van der Waals surface area contributed by atoms with Crippen molar-refractivity contribution in [3.8, 4) is 0 Å². The quantitative estimate of drug-likeness (QED) is 0.407. The van der Waals surface area contributed by atoms with Gasteiger partial charge in [-0.25, -0.2) is 0 Å². The standard InChI is InChI=1S/2C12H19N3S.C2H2O4/c2*1-9(2)7-11-12(14-16-13-11)10-5-4-6-15(3)8-10;3-1(4)2(5)6/h2*5,9H,4,6-8H2,1-3H3;(H,3,4)(H,5,6). The molecule has 0 aliphatic carbocycles. The summed E-state index contributed by atoms with van der Waals surface area (Å²) >= 11 is 2.71. The molecule has 0 fully saturated rings. The molecule has 12 heteroatoms. The average Bonchev–Trinajstić information content (AvgIpc) is 3.48. The summed E-state index contributed by atoms with van der Waals surface area (Å²) in [6.07, 6.45) is 9.10. The highest BCUT2D eigenvalue weighted by Gasteiger charge is 2.21. The van der Waals surface area contributed by atoms with Crippen LogP contribution in [0.3, 0.4) is 0 Å². The molecule has 0 radical (unpaired) electrons. The number of hydrogen-bond donors (Lipinski definition) is 2. The predicted octanol–water partition coefficient (Wildman–Crippen LogP) is -1.44. The van der Waals surface area contributed by atoms with E-state index in [9.17, 15) is 0 Å². The summed E-state index contributed by atoms with van der Waals surface area (Å²) in [7, 11) is 4.49. The van der Waals surface area contributed by atoms with Crippen LogP contribution in [-0.2, 0) is 22.4 Å². The lowest BCUT2D eigenvalue weighted by molar-refractivity contribution is -0.872. The van der Waals surface area contributed by atoms with Crippen molar-refractivity contribution in [1.82, 2.24) is 17.5 Å². The predicted molar refractivity (Wildman–Crippen MR) is 145 cm³/mol. The number of likely N-dealkylation sites (N-methyl/N-ethyl adjacent to an activating group) is 2. The average molecular weight is 565 g/mol. The molecule has 0 amide bonds. The lowest BCUT2D eigenvalue weighted by atomic mass is 10.0. The van der Waals surface area contributed by atoms with Gasteiger partial charge in [0.1, 0.15) is 24.5 Å². The molecule has 0 aromatic carbocycles. The summed E-state index contributed by atoms with van der Waals surface area (Å²) in [5.41, 5.74) is 7.51. The molecule has 2 aliphatic heterocycles. The fourth-order valence-electron chi connectivity index (χ4n) is 4.26. The van der Waals surface area contributed by atoms with Crippen molar-refractivity contribution in [3.05, 3.63) is 34.9 Å². The Kier molecular flexibility index (Phi) is 13.1. The number of rotatable bonds is 6. The first-order valence-electron chi connectivity index (χ1n) is 13.0. The molecular weight excluding hydrogens is 524 g/mol. The molecule has 38 heavy (non-hydrogen) atoms. The van der Waals surface area contributed by atoms with Crippen molar-refractivity contribution in [3.63, 3.8) is 0 Å². The largest absolute Gasteiger partial charge is 0.543 e. The van der Waals surface area contributed by atoms with Crippen LogP contribution in [0.5, 0.6) is 0 Å². The molecule has 10 nitrogen and oxygen atoms in total. The Hall–Kier alpha value is -2.54. The lowest BCUT2D eigenvalue weighted by Gasteiger charge is -2.19. The van der Waals surface area contributed by atoms with Crippen LogP contribution in [-0.4, -0.2) is 69.7 Å². The van der Waals surface area contributed by atoms with Gasteiger partial charge in [-0.05, 0) is 24.7 Å². The molecular formula is C26H40N6O4S2. The first-order valence-corrected chi connectivity index (χ1v) is 14.5. The van der Waals surface area contributed by atoms with E-state index in [2.05, 4.69) is 71.4 Å². The molecule has 0 bridgehead atoms. The highest BCUT2D eigenvalue weighted by atomic mass is 32.1. The minimum Gasteiger partial charge on any atom is -0.543 e. The number of carboxylic acid groups (broad SMARTS) is 2. The zero-order valence-corrected chi connectivity index (χ0v) is 24.8. The smallest absolute Gasteiger partial charge is 0.109 e. The van der Waals surface area contributed by atoms with Gasteiger partial charge in [-0.3, -0.25) is 0 Å². The third-order valence-electron chi connectivity index (χ3n) is 6.00. The Morgan fingerprint density at radius 3 is 1.42 bits per heavy atom. The number of aromatic nitrogens is 4. The van der Waals surface area contributed by atoms with E-state index in [0.29, 0.717) is 11.8 Å². The summed E-state index contributed by atoms with van der Waals surface area (Å²) in [6, 6.07) is 0. The zero-order valence-electron chi connectivity index (χ0n) is 23.2. The second-order valence-corrected chi connectivity index (χ2v) is 11.8. The van der Waals surface area contributed by atoms with Crippen LogP contribution in [0.15, 0.2) is 12.2 Å². The Labute approximate surface area is 233 Å². The Morgan fingerprint density at radius 1 is 0.763 bits per heavy atom. The molecule has 2 aromatic heterocycles. The van der Waals surface area contributed by atoms with Gasteiger partial charge in [0.2, 0.25) is 0 Å². The molecule has 0 spiro atoms. The number of nitrogens with one attached hydrogen (secondary N) is 2. The van der Waals surface area contributed by atoms with Gasteiger partial charge in [-0.15, -0.1) is 0 Å². The molecule has 2 unspecified atom stereocenters. The maximum Gasteiger partial charge on any atom is 0.109 e. The number of nitrogens with zero attached hydrogens (tertiary/aromatic N) is 4. The number of aliphatic carboxylic acids is 2. The molecule has 4 heterocycles. The normalized spacial score (nSPS) is 19.1. The van der Waals surface area contributed by atoms with Crippen molar-refractivity contribution in [1.29, 1.82) is 0 Å². The molecule has 4 rings (SSSR count). The Balaban J connectivity index is 0.000000221. The van der Waals surface area contributed by atoms with Crippen LogP contribution in [0.1, 0.15) is 63.3 Å². The SMILES string of the molecule is CC(C)Cc1nsnc1C1=CCC[NH+](C)C1.CC(C)Cc1nsnc1C1=CCC[NH+](C)C1.O=C([O-])C(=O)[O-]. The summed E-state index contributed by atoms with van der Waals surface area (Å²) in [5, 5.41) is 17.9. The number of carbonyl (C=O) groups excluding carboxylic acids is 2. The minimum absolute atomic E-state index is 0.650. The molecule has 2 aliphatic rings. The van der Waals surface area contributed by atoms with Crippen LogP contribution in [0.4, 0.5) is 0 Å². The number of carboxylic acids is 2. The van der Waals surface area contributed by atoms with E-state index in [4.69, 9.17) is 19.8 Å². The third-order valence-corrected chi connectivity index (χ3v) is 7.13. The second-order valence-electron chi connectivity index (χ2n) is 10.7. The fraction of sp³-hybridized carbons (Fsp3) is 0.615. The highest BCUT2D eigenvalue weighted by Crippen LogP contribution is 2.21. The van der Waals surface area contributed by atoms with Crippen molar-refractivity contribution < 1.29 is 29.6 Å². The third kappa shape index (κ3) is 10.7. The van der Waals surface area contributed by atoms with Gasteiger partial charge >= 0.3 is 0 Å². The van der Waals surface area contributed by atoms with Crippen molar-refractivity contribution >= 4 is 46.5 Å². The van der Waals surface area contributed by atoms with Crippen LogP contribution in [0.2, 0.25) is 0 Å². The van der Waals surface area contributed by atoms with Crippen LogP contribution in [0, 0.1) is 11.8 Å². The van der Waals surface area contributed by atoms with E-state index in [1.54, 1.807) is 9.80 Å². The van der Waals surface area contributed by atoms with Crippen molar-refractivity contribution in [2.45, 2.75) is 53.4 Å². The van der Waals surface area contributed by atoms with E-state index in [-0.39, 0.29) is 0 Å². The highest BCUT2D eigenvalue weighted by molar-refractivity contribution is 6.99. The number of carbonyl (C=O) groups is 2. The van der Waals surface area contributed by atoms with Gasteiger partial charge in [0.05, 0.1) is 74.0 Å². The minimum atomic E-state index is -2.19. The van der Waals surface area contributed by atoms with E-state index >= 15 is 0 Å². The van der Waals surface area contributed by atoms with E-state index in [1.165, 1.54) is 71.9 Å². The van der Waals surface area contributed by atoms with Gasteiger partial charge in [0.25, 0.3) is 0 Å². The summed E-state index contributed by atoms with van der Waals surface area (Å²) in [6.45, 7) is 13.6. The fourth-order valence-corrected chi connectivity index (χ4v) is 5.47. The molecule has 0 saturated carbocycles. The maximum atomic E-state index is 8.93. The molecule has 2 atom stereocenters. The topological polar surface area (TPSA) is 141 Å². The van der Waals surface area contributed by atoms with Gasteiger partial charge in [-0.1, -0.05) is 39.8 Å². The van der Waals surface area contributed by atoms with Crippen LogP contribution >= 0.6 is 23.5 Å². The van der Waals surface area contributed by atoms with Crippen molar-refractivity contribution in [2.24, 2.45) is 11.8 Å². The first kappa shape index (κ1) is 31.7. The summed E-state index contributed by atoms with van der Waals surface area (Å²) in [5.74, 6) is -3.07. The van der Waals surface area contributed by atoms with Gasteiger partial charge in [-0.2, -0.15) is 17.5 Å². The molecule has 2 N–H and O–H groups in total.